The molecule has 0 fully saturated rings. The van der Waals surface area contributed by atoms with Gasteiger partial charge in [0.15, 0.2) is 0 Å². The Morgan fingerprint density at radius 2 is 1.90 bits per heavy atom. The fourth-order valence-electron chi connectivity index (χ4n) is 3.61. The largest absolute Gasteiger partial charge is 0.465 e. The molecule has 0 aliphatic rings. The van der Waals surface area contributed by atoms with Crippen LogP contribution < -0.4 is 5.32 Å². The summed E-state index contributed by atoms with van der Waals surface area (Å²) in [6.45, 7) is 5.98. The molecule has 0 unspecified atom stereocenters. The van der Waals surface area contributed by atoms with Gasteiger partial charge in [-0.1, -0.05) is 37.3 Å². The van der Waals surface area contributed by atoms with Crippen LogP contribution in [0, 0.1) is 13.8 Å². The highest BCUT2D eigenvalue weighted by molar-refractivity contribution is 7.10. The molecule has 3 aromatic rings. The number of quaternary nitrogens is 1. The van der Waals surface area contributed by atoms with Gasteiger partial charge in [0, 0.05) is 11.3 Å². The lowest BCUT2D eigenvalue weighted by Crippen LogP contribution is -2.87. The lowest BCUT2D eigenvalue weighted by Gasteiger charge is -2.15. The molecule has 1 atom stereocenters. The van der Waals surface area contributed by atoms with Crippen LogP contribution in [0.15, 0.2) is 41.8 Å². The summed E-state index contributed by atoms with van der Waals surface area (Å²) >= 11 is 1.69. The molecule has 0 amide bonds. The first-order chi connectivity index (χ1) is 14.0. The highest BCUT2D eigenvalue weighted by Gasteiger charge is 2.25. The lowest BCUT2D eigenvalue weighted by molar-refractivity contribution is -0.675. The summed E-state index contributed by atoms with van der Waals surface area (Å²) in [5, 5.41) is 4.11. The first-order valence-electron chi connectivity index (χ1n) is 9.72. The Morgan fingerprint density at radius 3 is 2.48 bits per heavy atom. The molecule has 0 radical (unpaired) electrons. The molecular formula is C23H27N2O3S+. The van der Waals surface area contributed by atoms with Crippen molar-refractivity contribution in [3.05, 3.63) is 80.3 Å². The third-order valence-electron chi connectivity index (χ3n) is 5.24. The molecule has 5 nitrogen and oxygen atoms in total. The number of aromatic amines is 1. The van der Waals surface area contributed by atoms with Crippen molar-refractivity contribution in [3.8, 4) is 0 Å². The third-order valence-corrected chi connectivity index (χ3v) is 6.20. The molecule has 0 spiro atoms. The van der Waals surface area contributed by atoms with Gasteiger partial charge in [-0.25, -0.2) is 4.79 Å². The van der Waals surface area contributed by atoms with E-state index in [4.69, 9.17) is 4.74 Å². The van der Waals surface area contributed by atoms with Gasteiger partial charge in [0.1, 0.15) is 12.6 Å². The minimum Gasteiger partial charge on any atom is -0.465 e. The van der Waals surface area contributed by atoms with Crippen LogP contribution in [0.4, 0.5) is 0 Å². The van der Waals surface area contributed by atoms with E-state index in [9.17, 15) is 9.59 Å². The SMILES string of the molecule is CCc1ccc([C@@H]([NH2+]CC(=O)c2[nH]c(C)c(C(=O)OC)c2C)c2cccs2)cc1. The number of carbonyl (C=O) groups is 2. The Hall–Kier alpha value is -2.70. The zero-order valence-corrected chi connectivity index (χ0v) is 18.1. The van der Waals surface area contributed by atoms with Crippen molar-refractivity contribution in [2.45, 2.75) is 33.2 Å². The number of methoxy groups -OCH3 is 1. The number of thiophene rings is 1. The minimum atomic E-state index is -0.424. The van der Waals surface area contributed by atoms with Crippen molar-refractivity contribution in [3.63, 3.8) is 0 Å². The van der Waals surface area contributed by atoms with E-state index in [0.29, 0.717) is 22.5 Å². The Labute approximate surface area is 175 Å². The Kier molecular flexibility index (Phi) is 6.67. The molecule has 0 aliphatic carbocycles. The minimum absolute atomic E-state index is 0.0347. The van der Waals surface area contributed by atoms with E-state index in [1.165, 1.54) is 23.1 Å². The van der Waals surface area contributed by atoms with Crippen molar-refractivity contribution in [2.75, 3.05) is 13.7 Å². The molecule has 2 heterocycles. The monoisotopic (exact) mass is 411 g/mol. The van der Waals surface area contributed by atoms with Gasteiger partial charge in [0.2, 0.25) is 5.78 Å². The van der Waals surface area contributed by atoms with E-state index in [1.807, 2.05) is 6.07 Å². The van der Waals surface area contributed by atoms with Crippen molar-refractivity contribution in [2.24, 2.45) is 0 Å². The van der Waals surface area contributed by atoms with Crippen LogP contribution in [0.25, 0.3) is 0 Å². The molecule has 29 heavy (non-hydrogen) atoms. The topological polar surface area (TPSA) is 75.8 Å². The average molecular weight is 412 g/mol. The fourth-order valence-corrected chi connectivity index (χ4v) is 4.46. The first kappa shape index (κ1) is 21.0. The Balaban J connectivity index is 1.81. The summed E-state index contributed by atoms with van der Waals surface area (Å²) in [7, 11) is 1.35. The molecule has 0 bridgehead atoms. The summed E-state index contributed by atoms with van der Waals surface area (Å²) in [4.78, 5) is 29.2. The van der Waals surface area contributed by atoms with Gasteiger partial charge in [-0.15, -0.1) is 11.3 Å². The van der Waals surface area contributed by atoms with Crippen LogP contribution in [0.1, 0.15) is 61.1 Å². The van der Waals surface area contributed by atoms with Crippen LogP contribution in [-0.4, -0.2) is 30.4 Å². The summed E-state index contributed by atoms with van der Waals surface area (Å²) in [5.74, 6) is -0.459. The summed E-state index contributed by atoms with van der Waals surface area (Å²) in [6.07, 6.45) is 1.00. The number of hydrogen-bond acceptors (Lipinski definition) is 4. The first-order valence-corrected chi connectivity index (χ1v) is 10.6. The maximum absolute atomic E-state index is 12.9. The van der Waals surface area contributed by atoms with Gasteiger partial charge < -0.3 is 15.0 Å². The van der Waals surface area contributed by atoms with Crippen molar-refractivity contribution < 1.29 is 19.6 Å². The molecule has 3 N–H and O–H groups in total. The maximum atomic E-state index is 12.9. The number of aryl methyl sites for hydroxylation is 2. The predicted octanol–water partition coefficient (Wildman–Crippen LogP) is 3.58. The second-order valence-corrected chi connectivity index (χ2v) is 8.05. The zero-order valence-electron chi connectivity index (χ0n) is 17.2. The van der Waals surface area contributed by atoms with E-state index >= 15 is 0 Å². The van der Waals surface area contributed by atoms with E-state index < -0.39 is 5.97 Å². The summed E-state index contributed by atoms with van der Waals surface area (Å²) in [6, 6.07) is 12.8. The van der Waals surface area contributed by atoms with E-state index in [-0.39, 0.29) is 18.4 Å². The number of rotatable bonds is 8. The van der Waals surface area contributed by atoms with Crippen molar-refractivity contribution in [1.82, 2.24) is 4.98 Å². The number of aromatic nitrogens is 1. The quantitative estimate of drug-likeness (QED) is 0.439. The second kappa shape index (κ2) is 9.20. The lowest BCUT2D eigenvalue weighted by atomic mass is 10.0. The Bertz CT molecular complexity index is 988. The predicted molar refractivity (Wildman–Crippen MR) is 115 cm³/mol. The van der Waals surface area contributed by atoms with Gasteiger partial charge in [-0.05, 0) is 42.8 Å². The smallest absolute Gasteiger partial charge is 0.339 e. The van der Waals surface area contributed by atoms with Gasteiger partial charge in [-0.3, -0.25) is 4.79 Å². The molecule has 1 aromatic carbocycles. The van der Waals surface area contributed by atoms with Crippen LogP contribution in [0.3, 0.4) is 0 Å². The molecule has 6 heteroatoms. The number of carbonyl (C=O) groups excluding carboxylic acids is 2. The van der Waals surface area contributed by atoms with Gasteiger partial charge in [-0.2, -0.15) is 0 Å². The molecule has 152 valence electrons. The van der Waals surface area contributed by atoms with Gasteiger partial charge in [0.05, 0.1) is 23.2 Å². The highest BCUT2D eigenvalue weighted by atomic mass is 32.1. The van der Waals surface area contributed by atoms with Crippen LogP contribution in [0.5, 0.6) is 0 Å². The summed E-state index contributed by atoms with van der Waals surface area (Å²) < 4.78 is 4.84. The van der Waals surface area contributed by atoms with Gasteiger partial charge in [0.25, 0.3) is 0 Å². The maximum Gasteiger partial charge on any atom is 0.339 e. The van der Waals surface area contributed by atoms with E-state index in [1.54, 1.807) is 25.2 Å². The average Bonchev–Trinajstić information content (AvgIpc) is 3.36. The van der Waals surface area contributed by atoms with Crippen molar-refractivity contribution in [1.29, 1.82) is 0 Å². The molecule has 3 rings (SSSR count). The molecule has 0 saturated carbocycles. The van der Waals surface area contributed by atoms with Gasteiger partial charge >= 0.3 is 5.97 Å². The van der Waals surface area contributed by atoms with Crippen LogP contribution in [-0.2, 0) is 11.2 Å². The van der Waals surface area contributed by atoms with E-state index in [2.05, 4.69) is 52.9 Å². The number of esters is 1. The number of ketones is 1. The number of H-pyrrole nitrogens is 1. The number of ether oxygens (including phenoxy) is 1. The molecule has 0 saturated heterocycles. The number of Topliss-reactive ketones (excluding diaryl/α,β-unsaturated/α-hetero) is 1. The Morgan fingerprint density at radius 1 is 1.17 bits per heavy atom. The number of hydrogen-bond donors (Lipinski definition) is 2. The number of benzene rings is 1. The zero-order chi connectivity index (χ0) is 21.0. The summed E-state index contributed by atoms with van der Waals surface area (Å²) in [5.41, 5.74) is 4.69. The van der Waals surface area contributed by atoms with Crippen LogP contribution in [0.2, 0.25) is 0 Å². The molecular weight excluding hydrogens is 384 g/mol. The van der Waals surface area contributed by atoms with E-state index in [0.717, 1.165) is 6.42 Å². The molecule has 2 aromatic heterocycles. The van der Waals surface area contributed by atoms with Crippen LogP contribution >= 0.6 is 11.3 Å². The standard InChI is InChI=1S/C23H26N2O3S/c1-5-16-8-10-17(11-9-16)22(19-7-6-12-29-19)24-13-18(26)21-14(2)20(15(3)25-21)23(27)28-4/h6-12,22,24-25H,5,13H2,1-4H3/p+1/t22-/m1/s1. The highest BCUT2D eigenvalue weighted by Crippen LogP contribution is 2.24. The number of nitrogens with two attached hydrogens (primary N) is 1. The normalized spacial score (nSPS) is 12.0. The van der Waals surface area contributed by atoms with Crippen molar-refractivity contribution >= 4 is 23.1 Å². The fraction of sp³-hybridized carbons (Fsp3) is 0.304. The third kappa shape index (κ3) is 4.49. The second-order valence-electron chi connectivity index (χ2n) is 7.07. The number of nitrogens with one attached hydrogen (secondary N) is 1. The molecule has 0 aliphatic heterocycles.